The number of hydrogen-bond donors (Lipinski definition) is 2. The molecular weight excluding hydrogens is 305 g/mol. The minimum atomic E-state index is -0.524. The molecule has 7 heteroatoms. The lowest BCUT2D eigenvalue weighted by Gasteiger charge is -2.11. The average molecular weight is 315 g/mol. The molecule has 0 saturated carbocycles. The summed E-state index contributed by atoms with van der Waals surface area (Å²) in [5.41, 5.74) is 0.467. The highest BCUT2D eigenvalue weighted by atomic mass is 32.1. The fourth-order valence-electron chi connectivity index (χ4n) is 2.05. The topological polar surface area (TPSA) is 70.4 Å². The number of nitrogens with one attached hydrogen (secondary N) is 1. The molecule has 22 heavy (non-hydrogen) atoms. The summed E-state index contributed by atoms with van der Waals surface area (Å²) in [4.78, 5) is 18.5. The molecule has 2 aromatic rings. The third-order valence-electron chi connectivity index (χ3n) is 3.07. The number of aromatic nitrogens is 2. The first kappa shape index (κ1) is 14.2. The Morgan fingerprint density at radius 2 is 2.05 bits per heavy atom. The highest BCUT2D eigenvalue weighted by Gasteiger charge is 2.13. The van der Waals surface area contributed by atoms with Crippen LogP contribution in [0.2, 0.25) is 0 Å². The van der Waals surface area contributed by atoms with Gasteiger partial charge in [0.05, 0.1) is 11.4 Å². The van der Waals surface area contributed by atoms with E-state index in [1.165, 1.54) is 34.9 Å². The van der Waals surface area contributed by atoms with Gasteiger partial charge in [0.15, 0.2) is 4.77 Å². The third-order valence-corrected chi connectivity index (χ3v) is 3.36. The number of rotatable bonds is 2. The summed E-state index contributed by atoms with van der Waals surface area (Å²) in [6.07, 6.45) is 6.44. The Hall–Kier alpha value is -2.80. The van der Waals surface area contributed by atoms with Crippen LogP contribution >= 0.6 is 12.2 Å². The van der Waals surface area contributed by atoms with E-state index in [2.05, 4.69) is 9.98 Å². The van der Waals surface area contributed by atoms with Gasteiger partial charge in [-0.2, -0.15) is 0 Å². The first-order chi connectivity index (χ1) is 10.6. The molecule has 0 amide bonds. The third kappa shape index (κ3) is 2.53. The molecule has 0 radical (unpaired) electrons. The van der Waals surface area contributed by atoms with Gasteiger partial charge in [0.25, 0.3) is 5.56 Å². The number of halogens is 1. The van der Waals surface area contributed by atoms with Crippen molar-refractivity contribution in [1.82, 2.24) is 9.55 Å². The molecule has 1 aromatic heterocycles. The Balaban J connectivity index is 2.24. The van der Waals surface area contributed by atoms with Gasteiger partial charge in [-0.25, -0.2) is 4.39 Å². The summed E-state index contributed by atoms with van der Waals surface area (Å²) in [7, 11) is 0. The Labute approximate surface area is 129 Å². The Morgan fingerprint density at radius 1 is 1.32 bits per heavy atom. The van der Waals surface area contributed by atoms with E-state index in [9.17, 15) is 14.3 Å². The van der Waals surface area contributed by atoms with Gasteiger partial charge in [-0.05, 0) is 54.7 Å². The molecule has 1 aromatic carbocycles. The van der Waals surface area contributed by atoms with E-state index in [1.807, 2.05) is 0 Å². The van der Waals surface area contributed by atoms with Gasteiger partial charge in [0.1, 0.15) is 11.4 Å². The smallest absolute Gasteiger partial charge is 0.262 e. The lowest BCUT2D eigenvalue weighted by atomic mass is 10.2. The second kappa shape index (κ2) is 5.53. The number of H-pyrrole nitrogens is 1. The van der Waals surface area contributed by atoms with Crippen LogP contribution in [0.3, 0.4) is 0 Å². The van der Waals surface area contributed by atoms with Crippen LogP contribution in [0.15, 0.2) is 51.9 Å². The summed E-state index contributed by atoms with van der Waals surface area (Å²) in [6.45, 7) is 0. The lowest BCUT2D eigenvalue weighted by Crippen LogP contribution is -2.16. The minimum absolute atomic E-state index is 0.0155. The maximum Gasteiger partial charge on any atom is 0.262 e. The summed E-state index contributed by atoms with van der Waals surface area (Å²) in [6, 6.07) is 5.38. The maximum absolute atomic E-state index is 13.0. The number of allylic oxidation sites excluding steroid dienone is 2. The fourth-order valence-corrected chi connectivity index (χ4v) is 2.33. The van der Waals surface area contributed by atoms with E-state index in [1.54, 1.807) is 18.4 Å². The van der Waals surface area contributed by atoms with Crippen molar-refractivity contribution in [2.24, 2.45) is 4.99 Å². The molecule has 0 spiro atoms. The molecule has 1 aliphatic rings. The SMILES string of the molecule is O=c1[nH]c(=S)n(-c2ccc(F)cc2)c(O)c1C=C1C=CC=N1. The fraction of sp³-hybridized carbons (Fsp3) is 0. The molecule has 0 aliphatic carbocycles. The molecule has 0 fully saturated rings. The Morgan fingerprint density at radius 3 is 2.68 bits per heavy atom. The van der Waals surface area contributed by atoms with Gasteiger partial charge in [-0.15, -0.1) is 0 Å². The van der Waals surface area contributed by atoms with Crippen LogP contribution in [0.1, 0.15) is 5.56 Å². The lowest BCUT2D eigenvalue weighted by molar-refractivity contribution is 0.432. The summed E-state index contributed by atoms with van der Waals surface area (Å²) >= 11 is 5.07. The van der Waals surface area contributed by atoms with E-state index < -0.39 is 11.4 Å². The number of benzene rings is 1. The van der Waals surface area contributed by atoms with Crippen molar-refractivity contribution >= 4 is 24.5 Å². The Kier molecular flexibility index (Phi) is 3.56. The molecule has 2 heterocycles. The number of aromatic amines is 1. The van der Waals surface area contributed by atoms with Crippen LogP contribution in [-0.2, 0) is 0 Å². The first-order valence-electron chi connectivity index (χ1n) is 6.33. The summed E-state index contributed by atoms with van der Waals surface area (Å²) < 4.78 is 14.3. The molecule has 2 N–H and O–H groups in total. The molecule has 1 aliphatic heterocycles. The average Bonchev–Trinajstić information content (AvgIpc) is 2.98. The van der Waals surface area contributed by atoms with E-state index >= 15 is 0 Å². The van der Waals surface area contributed by atoms with Gasteiger partial charge in [-0.1, -0.05) is 0 Å². The van der Waals surface area contributed by atoms with Crippen LogP contribution < -0.4 is 5.56 Å². The molecule has 5 nitrogen and oxygen atoms in total. The van der Waals surface area contributed by atoms with Gasteiger partial charge in [0, 0.05) is 6.21 Å². The largest absolute Gasteiger partial charge is 0.494 e. The minimum Gasteiger partial charge on any atom is -0.494 e. The molecule has 110 valence electrons. The van der Waals surface area contributed by atoms with Crippen molar-refractivity contribution in [3.05, 3.63) is 68.6 Å². The van der Waals surface area contributed by atoms with Crippen LogP contribution in [0.5, 0.6) is 5.88 Å². The van der Waals surface area contributed by atoms with E-state index in [4.69, 9.17) is 12.2 Å². The standard InChI is InChI=1S/C15H10FN3O2S/c16-9-3-5-11(6-4-9)19-14(21)12(13(20)18-15(19)22)8-10-2-1-7-17-10/h1-8,21H,(H,18,20,22). The summed E-state index contributed by atoms with van der Waals surface area (Å²) in [5, 5.41) is 10.4. The van der Waals surface area contributed by atoms with Gasteiger partial charge in [0.2, 0.25) is 5.88 Å². The molecule has 0 atom stereocenters. The van der Waals surface area contributed by atoms with Crippen molar-refractivity contribution in [3.8, 4) is 11.6 Å². The predicted octanol–water partition coefficient (Wildman–Crippen LogP) is 2.72. The van der Waals surface area contributed by atoms with E-state index in [0.29, 0.717) is 11.4 Å². The van der Waals surface area contributed by atoms with Crippen LogP contribution in [0, 0.1) is 10.6 Å². The van der Waals surface area contributed by atoms with Crippen molar-refractivity contribution in [2.75, 3.05) is 0 Å². The van der Waals surface area contributed by atoms with Gasteiger partial charge in [-0.3, -0.25) is 19.3 Å². The van der Waals surface area contributed by atoms with Crippen molar-refractivity contribution < 1.29 is 9.50 Å². The molecular formula is C15H10FN3O2S. The van der Waals surface area contributed by atoms with Crippen LogP contribution in [0.25, 0.3) is 11.8 Å². The number of nitrogens with zero attached hydrogens (tertiary/aromatic N) is 2. The zero-order chi connectivity index (χ0) is 15.7. The normalized spacial score (nSPS) is 14.9. The van der Waals surface area contributed by atoms with Crippen LogP contribution in [0.4, 0.5) is 4.39 Å². The quantitative estimate of drug-likeness (QED) is 0.837. The molecule has 0 unspecified atom stereocenters. The number of aromatic hydroxyl groups is 1. The predicted molar refractivity (Wildman–Crippen MR) is 84.5 cm³/mol. The maximum atomic E-state index is 13.0. The second-order valence-electron chi connectivity index (χ2n) is 4.51. The van der Waals surface area contributed by atoms with E-state index in [0.717, 1.165) is 0 Å². The zero-order valence-electron chi connectivity index (χ0n) is 11.2. The first-order valence-corrected chi connectivity index (χ1v) is 6.74. The van der Waals surface area contributed by atoms with Crippen molar-refractivity contribution in [2.45, 2.75) is 0 Å². The highest BCUT2D eigenvalue weighted by Crippen LogP contribution is 2.22. The summed E-state index contributed by atoms with van der Waals surface area (Å²) in [5.74, 6) is -0.740. The number of hydrogen-bond acceptors (Lipinski definition) is 4. The van der Waals surface area contributed by atoms with Crippen LogP contribution in [-0.4, -0.2) is 20.9 Å². The van der Waals surface area contributed by atoms with Crippen molar-refractivity contribution in [1.29, 1.82) is 0 Å². The Bertz CT molecular complexity index is 923. The highest BCUT2D eigenvalue weighted by molar-refractivity contribution is 7.71. The van der Waals surface area contributed by atoms with Gasteiger partial charge >= 0.3 is 0 Å². The van der Waals surface area contributed by atoms with E-state index in [-0.39, 0.29) is 16.2 Å². The second-order valence-corrected chi connectivity index (χ2v) is 4.90. The van der Waals surface area contributed by atoms with Gasteiger partial charge < -0.3 is 5.11 Å². The number of aliphatic imine (C=N–C) groups is 1. The van der Waals surface area contributed by atoms with Crippen molar-refractivity contribution in [3.63, 3.8) is 0 Å². The zero-order valence-corrected chi connectivity index (χ0v) is 12.0. The molecule has 0 bridgehead atoms. The molecule has 0 saturated heterocycles. The monoisotopic (exact) mass is 315 g/mol. The molecule has 3 rings (SSSR count).